The first-order valence-electron chi connectivity index (χ1n) is 6.45. The predicted molar refractivity (Wildman–Crippen MR) is 66.0 cm³/mol. The van der Waals surface area contributed by atoms with Crippen LogP contribution in [-0.2, 0) is 0 Å². The standard InChI is InChI=1S/C11H20N6O/c1-3-6-17-7-4-9(5-8-17)16(2)11(18)10-12-14-15-13-10/h9H,3-8H2,1-2H3,(H,12,13,14,15). The quantitative estimate of drug-likeness (QED) is 0.825. The summed E-state index contributed by atoms with van der Waals surface area (Å²) in [5, 5.41) is 13.2. The number of aromatic amines is 1. The van der Waals surface area contributed by atoms with Crippen LogP contribution in [0.2, 0.25) is 0 Å². The van der Waals surface area contributed by atoms with E-state index in [0.29, 0.717) is 0 Å². The number of hydrogen-bond donors (Lipinski definition) is 1. The largest absolute Gasteiger partial charge is 0.336 e. The highest BCUT2D eigenvalue weighted by Gasteiger charge is 2.27. The van der Waals surface area contributed by atoms with Crippen LogP contribution in [0, 0.1) is 0 Å². The van der Waals surface area contributed by atoms with Crippen molar-refractivity contribution in [3.05, 3.63) is 5.82 Å². The molecule has 0 spiro atoms. The minimum Gasteiger partial charge on any atom is -0.336 e. The smallest absolute Gasteiger partial charge is 0.295 e. The van der Waals surface area contributed by atoms with Gasteiger partial charge >= 0.3 is 0 Å². The van der Waals surface area contributed by atoms with E-state index in [1.165, 1.54) is 6.42 Å². The maximum absolute atomic E-state index is 12.0. The molecule has 1 aromatic rings. The number of tetrazole rings is 1. The number of hydrogen-bond acceptors (Lipinski definition) is 5. The van der Waals surface area contributed by atoms with Gasteiger partial charge in [-0.15, -0.1) is 10.2 Å². The van der Waals surface area contributed by atoms with E-state index < -0.39 is 0 Å². The zero-order valence-corrected chi connectivity index (χ0v) is 11.0. The lowest BCUT2D eigenvalue weighted by atomic mass is 10.0. The van der Waals surface area contributed by atoms with Crippen molar-refractivity contribution in [1.29, 1.82) is 0 Å². The van der Waals surface area contributed by atoms with E-state index in [1.807, 2.05) is 7.05 Å². The molecule has 0 radical (unpaired) electrons. The van der Waals surface area contributed by atoms with Gasteiger partial charge in [-0.25, -0.2) is 0 Å². The first-order valence-corrected chi connectivity index (χ1v) is 6.45. The number of carbonyl (C=O) groups is 1. The summed E-state index contributed by atoms with van der Waals surface area (Å²) in [6.45, 7) is 5.46. The third-order valence-electron chi connectivity index (χ3n) is 3.50. The molecule has 1 aliphatic rings. The van der Waals surface area contributed by atoms with E-state index >= 15 is 0 Å². The maximum Gasteiger partial charge on any atom is 0.295 e. The van der Waals surface area contributed by atoms with Gasteiger partial charge in [-0.1, -0.05) is 6.92 Å². The van der Waals surface area contributed by atoms with Gasteiger partial charge in [0.05, 0.1) is 0 Å². The van der Waals surface area contributed by atoms with Crippen LogP contribution in [0.4, 0.5) is 0 Å². The Kier molecular flexibility index (Phi) is 4.24. The summed E-state index contributed by atoms with van der Waals surface area (Å²) < 4.78 is 0. The highest BCUT2D eigenvalue weighted by Crippen LogP contribution is 2.16. The monoisotopic (exact) mass is 252 g/mol. The summed E-state index contributed by atoms with van der Waals surface area (Å²) in [6.07, 6.45) is 3.21. The van der Waals surface area contributed by atoms with E-state index in [4.69, 9.17) is 0 Å². The zero-order chi connectivity index (χ0) is 13.0. The highest BCUT2D eigenvalue weighted by atomic mass is 16.2. The molecule has 7 heteroatoms. The molecule has 2 heterocycles. The van der Waals surface area contributed by atoms with Crippen molar-refractivity contribution in [2.45, 2.75) is 32.2 Å². The number of piperidine rings is 1. The summed E-state index contributed by atoms with van der Waals surface area (Å²) in [5.74, 6) is -0.00817. The van der Waals surface area contributed by atoms with Gasteiger partial charge < -0.3 is 9.80 Å². The average molecular weight is 252 g/mol. The Hall–Kier alpha value is -1.50. The molecule has 2 rings (SSSR count). The van der Waals surface area contributed by atoms with Crippen LogP contribution in [0.1, 0.15) is 36.8 Å². The van der Waals surface area contributed by atoms with E-state index in [2.05, 4.69) is 32.4 Å². The number of nitrogens with one attached hydrogen (secondary N) is 1. The van der Waals surface area contributed by atoms with Crippen LogP contribution in [0.5, 0.6) is 0 Å². The normalized spacial score (nSPS) is 17.9. The number of likely N-dealkylation sites (tertiary alicyclic amines) is 1. The fourth-order valence-corrected chi connectivity index (χ4v) is 2.42. The molecule has 0 atom stereocenters. The second-order valence-electron chi connectivity index (χ2n) is 4.72. The van der Waals surface area contributed by atoms with Crippen LogP contribution >= 0.6 is 0 Å². The van der Waals surface area contributed by atoms with Gasteiger partial charge in [-0.05, 0) is 31.0 Å². The molecule has 0 saturated carbocycles. The molecule has 100 valence electrons. The lowest BCUT2D eigenvalue weighted by Gasteiger charge is -2.36. The van der Waals surface area contributed by atoms with Crippen molar-refractivity contribution in [1.82, 2.24) is 30.4 Å². The van der Waals surface area contributed by atoms with Gasteiger partial charge in [0.25, 0.3) is 11.7 Å². The van der Waals surface area contributed by atoms with Crippen molar-refractivity contribution < 1.29 is 4.79 Å². The minimum absolute atomic E-state index is 0.147. The summed E-state index contributed by atoms with van der Waals surface area (Å²) in [5.41, 5.74) is 0. The molecule has 0 unspecified atom stereocenters. The maximum atomic E-state index is 12.0. The van der Waals surface area contributed by atoms with Crippen molar-refractivity contribution in [2.24, 2.45) is 0 Å². The molecule has 1 fully saturated rings. The van der Waals surface area contributed by atoms with E-state index in [9.17, 15) is 4.79 Å². The van der Waals surface area contributed by atoms with E-state index in [0.717, 1.165) is 32.5 Å². The van der Waals surface area contributed by atoms with E-state index in [-0.39, 0.29) is 17.8 Å². The molecule has 1 saturated heterocycles. The molecule has 0 aromatic carbocycles. The van der Waals surface area contributed by atoms with Crippen LogP contribution in [0.25, 0.3) is 0 Å². The SMILES string of the molecule is CCCN1CCC(N(C)C(=O)c2nn[nH]n2)CC1. The molecular formula is C11H20N6O. The van der Waals surface area contributed by atoms with Crippen molar-refractivity contribution in [2.75, 3.05) is 26.7 Å². The third-order valence-corrected chi connectivity index (χ3v) is 3.50. The fourth-order valence-electron chi connectivity index (χ4n) is 2.42. The number of H-pyrrole nitrogens is 1. The Morgan fingerprint density at radius 3 is 2.78 bits per heavy atom. The van der Waals surface area contributed by atoms with Crippen molar-refractivity contribution in [3.8, 4) is 0 Å². The number of rotatable bonds is 4. The summed E-state index contributed by atoms with van der Waals surface area (Å²) in [6, 6.07) is 0.282. The molecule has 0 aliphatic carbocycles. The van der Waals surface area contributed by atoms with Gasteiger partial charge in [0.1, 0.15) is 0 Å². The van der Waals surface area contributed by atoms with Crippen LogP contribution < -0.4 is 0 Å². The molecule has 1 aromatic heterocycles. The first-order chi connectivity index (χ1) is 8.72. The molecule has 7 nitrogen and oxygen atoms in total. The Labute approximate surface area is 107 Å². The van der Waals surface area contributed by atoms with E-state index in [1.54, 1.807) is 4.90 Å². The summed E-state index contributed by atoms with van der Waals surface area (Å²) in [4.78, 5) is 16.2. The van der Waals surface area contributed by atoms with Gasteiger partial charge in [0.2, 0.25) is 0 Å². The van der Waals surface area contributed by atoms with Crippen LogP contribution in [0.3, 0.4) is 0 Å². The summed E-state index contributed by atoms with van der Waals surface area (Å²) >= 11 is 0. The second kappa shape index (κ2) is 5.90. The topological polar surface area (TPSA) is 78.0 Å². The fraction of sp³-hybridized carbons (Fsp3) is 0.818. The number of nitrogens with zero attached hydrogens (tertiary/aromatic N) is 5. The van der Waals surface area contributed by atoms with Crippen molar-refractivity contribution >= 4 is 5.91 Å². The first kappa shape index (κ1) is 12.9. The third kappa shape index (κ3) is 2.84. The van der Waals surface area contributed by atoms with Gasteiger partial charge in [-0.2, -0.15) is 5.21 Å². The molecule has 1 N–H and O–H groups in total. The summed E-state index contributed by atoms with van der Waals surface area (Å²) in [7, 11) is 1.82. The lowest BCUT2D eigenvalue weighted by molar-refractivity contribution is 0.0631. The predicted octanol–water partition coefficient (Wildman–Crippen LogP) is 0.146. The second-order valence-corrected chi connectivity index (χ2v) is 4.72. The number of carbonyl (C=O) groups excluding carboxylic acids is 1. The molecule has 18 heavy (non-hydrogen) atoms. The van der Waals surface area contributed by atoms with Crippen LogP contribution in [-0.4, -0.2) is 69.1 Å². The molecule has 0 bridgehead atoms. The Bertz CT molecular complexity index is 371. The average Bonchev–Trinajstić information content (AvgIpc) is 2.92. The van der Waals surface area contributed by atoms with Gasteiger partial charge in [-0.3, -0.25) is 4.79 Å². The molecule has 1 amide bonds. The lowest BCUT2D eigenvalue weighted by Crippen LogP contribution is -2.46. The van der Waals surface area contributed by atoms with Gasteiger partial charge in [0.15, 0.2) is 0 Å². The van der Waals surface area contributed by atoms with Crippen LogP contribution in [0.15, 0.2) is 0 Å². The minimum atomic E-state index is -0.155. The number of amides is 1. The molecule has 1 aliphatic heterocycles. The van der Waals surface area contributed by atoms with Crippen molar-refractivity contribution in [3.63, 3.8) is 0 Å². The zero-order valence-electron chi connectivity index (χ0n) is 11.0. The Morgan fingerprint density at radius 1 is 1.50 bits per heavy atom. The Balaban J connectivity index is 1.87. The van der Waals surface area contributed by atoms with Gasteiger partial charge in [0, 0.05) is 26.2 Å². The highest BCUT2D eigenvalue weighted by molar-refractivity contribution is 5.90. The molecular weight excluding hydrogens is 232 g/mol. The Morgan fingerprint density at radius 2 is 2.22 bits per heavy atom. The number of aromatic nitrogens is 4.